The average Bonchev–Trinajstić information content (AvgIpc) is 3.44. The fourth-order valence-corrected chi connectivity index (χ4v) is 7.13. The van der Waals surface area contributed by atoms with E-state index >= 15 is 0 Å². The molecule has 7 rings (SSSR count). The number of anilines is 1. The Bertz CT molecular complexity index is 1690. The minimum absolute atomic E-state index is 0.0777. The summed E-state index contributed by atoms with van der Waals surface area (Å²) in [4.78, 5) is 24.7. The molecule has 6 heterocycles. The Balaban J connectivity index is 1.32. The summed E-state index contributed by atoms with van der Waals surface area (Å²) in [5.74, 6) is 3.38. The number of piperazine rings is 1. The maximum atomic E-state index is 12.0. The molecule has 0 saturated carbocycles. The quantitative estimate of drug-likeness (QED) is 0.352. The summed E-state index contributed by atoms with van der Waals surface area (Å²) < 4.78 is 35.3. The topological polar surface area (TPSA) is 115 Å². The number of likely N-dealkylation sites (tertiary alicyclic amines) is 1. The summed E-state index contributed by atoms with van der Waals surface area (Å²) >= 11 is 0. The first kappa shape index (κ1) is 24.9. The van der Waals surface area contributed by atoms with Crippen molar-refractivity contribution in [3.63, 3.8) is 0 Å². The van der Waals surface area contributed by atoms with Crippen LogP contribution in [0.1, 0.15) is 31.4 Å². The van der Waals surface area contributed by atoms with Crippen molar-refractivity contribution >= 4 is 38.0 Å². The molecule has 3 aromatic heterocycles. The molecule has 13 heteroatoms. The van der Waals surface area contributed by atoms with Crippen molar-refractivity contribution in [3.8, 4) is 5.95 Å². The van der Waals surface area contributed by atoms with Crippen molar-refractivity contribution < 1.29 is 13.2 Å². The highest BCUT2D eigenvalue weighted by Crippen LogP contribution is 2.37. The zero-order valence-corrected chi connectivity index (χ0v) is 23.5. The Labute approximate surface area is 227 Å². The van der Waals surface area contributed by atoms with Crippen molar-refractivity contribution in [1.82, 2.24) is 38.3 Å². The second-order valence-corrected chi connectivity index (χ2v) is 13.0. The average molecular weight is 552 g/mol. The van der Waals surface area contributed by atoms with Crippen molar-refractivity contribution in [3.05, 3.63) is 35.9 Å². The van der Waals surface area contributed by atoms with E-state index in [1.165, 1.54) is 6.26 Å². The normalized spacial score (nSPS) is 22.4. The van der Waals surface area contributed by atoms with Crippen LogP contribution in [0.4, 0.5) is 5.82 Å². The zero-order chi connectivity index (χ0) is 27.1. The van der Waals surface area contributed by atoms with Gasteiger partial charge in [0.25, 0.3) is 0 Å². The lowest BCUT2D eigenvalue weighted by Gasteiger charge is -2.60. The molecule has 0 spiro atoms. The van der Waals surface area contributed by atoms with Gasteiger partial charge in [-0.15, -0.1) is 0 Å². The molecular formula is C26H33N9O3S. The number of ether oxygens (including phenoxy) is 1. The van der Waals surface area contributed by atoms with Gasteiger partial charge in [-0.3, -0.25) is 9.47 Å². The Morgan fingerprint density at radius 3 is 2.49 bits per heavy atom. The van der Waals surface area contributed by atoms with Crippen LogP contribution in [0.15, 0.2) is 24.3 Å². The van der Waals surface area contributed by atoms with Gasteiger partial charge in [-0.1, -0.05) is 26.0 Å². The molecular weight excluding hydrogens is 518 g/mol. The number of rotatable bonds is 6. The molecule has 4 aromatic rings. The van der Waals surface area contributed by atoms with Crippen molar-refractivity contribution in [2.45, 2.75) is 38.4 Å². The molecule has 0 bridgehead atoms. The van der Waals surface area contributed by atoms with Crippen LogP contribution < -0.4 is 4.90 Å². The van der Waals surface area contributed by atoms with E-state index in [4.69, 9.17) is 24.7 Å². The Morgan fingerprint density at radius 1 is 1.03 bits per heavy atom. The van der Waals surface area contributed by atoms with Gasteiger partial charge in [0.05, 0.1) is 43.1 Å². The van der Waals surface area contributed by atoms with Crippen LogP contribution in [0, 0.1) is 0 Å². The number of hydrogen-bond donors (Lipinski definition) is 0. The summed E-state index contributed by atoms with van der Waals surface area (Å²) in [5.41, 5.74) is 3.44. The lowest BCUT2D eigenvalue weighted by molar-refractivity contribution is -0.0850. The summed E-state index contributed by atoms with van der Waals surface area (Å²) in [6.07, 6.45) is 1.29. The molecule has 0 aliphatic carbocycles. The Hall–Kier alpha value is -3.13. The van der Waals surface area contributed by atoms with Gasteiger partial charge in [-0.05, 0) is 12.1 Å². The molecule has 39 heavy (non-hydrogen) atoms. The largest absolute Gasteiger partial charge is 0.378 e. The highest BCUT2D eigenvalue weighted by atomic mass is 32.2. The third-order valence-corrected chi connectivity index (χ3v) is 9.51. The molecule has 3 fully saturated rings. The van der Waals surface area contributed by atoms with E-state index in [1.54, 1.807) is 4.31 Å². The second kappa shape index (κ2) is 8.95. The molecule has 12 nitrogen and oxygen atoms in total. The van der Waals surface area contributed by atoms with E-state index in [-0.39, 0.29) is 18.0 Å². The van der Waals surface area contributed by atoms with Crippen LogP contribution in [-0.4, -0.2) is 104 Å². The molecule has 1 aromatic carbocycles. The first-order chi connectivity index (χ1) is 18.7. The van der Waals surface area contributed by atoms with Gasteiger partial charge in [0.15, 0.2) is 17.0 Å². The number of nitrogens with zero attached hydrogens (tertiary/aromatic N) is 9. The monoisotopic (exact) mass is 551 g/mol. The van der Waals surface area contributed by atoms with E-state index < -0.39 is 10.0 Å². The van der Waals surface area contributed by atoms with Gasteiger partial charge in [0, 0.05) is 45.2 Å². The summed E-state index contributed by atoms with van der Waals surface area (Å²) in [6.45, 7) is 8.90. The summed E-state index contributed by atoms with van der Waals surface area (Å²) in [6, 6.07) is 8.41. The van der Waals surface area contributed by atoms with Crippen LogP contribution in [0.3, 0.4) is 0 Å². The third kappa shape index (κ3) is 3.93. The highest BCUT2D eigenvalue weighted by Gasteiger charge is 2.54. The van der Waals surface area contributed by atoms with Gasteiger partial charge in [0.1, 0.15) is 11.6 Å². The fourth-order valence-electron chi connectivity index (χ4n) is 6.01. The minimum atomic E-state index is -3.15. The molecule has 0 amide bonds. The smallest absolute Gasteiger partial charge is 0.239 e. The molecule has 3 aliphatic rings. The second-order valence-electron chi connectivity index (χ2n) is 11.1. The van der Waals surface area contributed by atoms with Crippen molar-refractivity contribution in [2.24, 2.45) is 7.05 Å². The predicted molar refractivity (Wildman–Crippen MR) is 148 cm³/mol. The van der Waals surface area contributed by atoms with E-state index in [0.717, 1.165) is 52.8 Å². The Morgan fingerprint density at radius 2 is 1.79 bits per heavy atom. The number of sulfonamides is 1. The number of para-hydroxylation sites is 2. The number of fused-ring (bicyclic) bond motifs is 3. The summed E-state index contributed by atoms with van der Waals surface area (Å²) in [5, 5.41) is 0. The SMILES string of the molecule is CC(C)c1nc2ccccc2n1-c1nc(N2CCOCC2)c2nc(CN3CC4C3CN4S(C)(=O)=O)n(C)c2n1. The fraction of sp³-hybridized carbons (Fsp3) is 0.538. The van der Waals surface area contributed by atoms with Crippen LogP contribution in [0.5, 0.6) is 0 Å². The standard InChI is InChI=1S/C26H33N9O3S/c1-16(2)23-27-17-7-5-6-8-18(17)35(23)26-29-24-22(25(30-26)32-9-11-38-12-10-32)28-21(31(24)3)15-33-13-20-19(33)14-34(20)39(4,36)37/h5-8,16,19-20H,9-15H2,1-4H3. The van der Waals surface area contributed by atoms with Gasteiger partial charge in [-0.25, -0.2) is 18.4 Å². The lowest BCUT2D eigenvalue weighted by atomic mass is 9.88. The third-order valence-electron chi connectivity index (χ3n) is 8.24. The minimum Gasteiger partial charge on any atom is -0.378 e. The van der Waals surface area contributed by atoms with E-state index in [9.17, 15) is 8.42 Å². The van der Waals surface area contributed by atoms with Gasteiger partial charge < -0.3 is 14.2 Å². The maximum absolute atomic E-state index is 12.0. The predicted octanol–water partition coefficient (Wildman–Crippen LogP) is 1.49. The molecule has 0 N–H and O–H groups in total. The van der Waals surface area contributed by atoms with E-state index in [2.05, 4.69) is 38.8 Å². The first-order valence-electron chi connectivity index (χ1n) is 13.5. The van der Waals surface area contributed by atoms with Crippen LogP contribution in [0.2, 0.25) is 0 Å². The molecule has 3 saturated heterocycles. The molecule has 3 aliphatic heterocycles. The highest BCUT2D eigenvalue weighted by molar-refractivity contribution is 7.88. The van der Waals surface area contributed by atoms with Gasteiger partial charge in [-0.2, -0.15) is 14.3 Å². The van der Waals surface area contributed by atoms with Gasteiger partial charge >= 0.3 is 0 Å². The lowest BCUT2D eigenvalue weighted by Crippen LogP contribution is -2.79. The molecule has 2 atom stereocenters. The molecule has 206 valence electrons. The van der Waals surface area contributed by atoms with E-state index in [0.29, 0.717) is 38.8 Å². The first-order valence-corrected chi connectivity index (χ1v) is 15.3. The number of benzene rings is 1. The van der Waals surface area contributed by atoms with E-state index in [1.807, 2.05) is 25.2 Å². The maximum Gasteiger partial charge on any atom is 0.239 e. The number of hydrogen-bond acceptors (Lipinski definition) is 9. The number of aryl methyl sites for hydroxylation is 1. The van der Waals surface area contributed by atoms with Gasteiger partial charge in [0.2, 0.25) is 16.0 Å². The number of aromatic nitrogens is 6. The number of morpholine rings is 1. The van der Waals surface area contributed by atoms with Crippen molar-refractivity contribution in [2.75, 3.05) is 50.5 Å². The molecule has 2 unspecified atom stereocenters. The van der Waals surface area contributed by atoms with Crippen LogP contribution in [0.25, 0.3) is 28.1 Å². The van der Waals surface area contributed by atoms with Crippen molar-refractivity contribution in [1.29, 1.82) is 0 Å². The van der Waals surface area contributed by atoms with Crippen LogP contribution in [-0.2, 0) is 28.4 Å². The Kier molecular flexibility index (Phi) is 5.71. The van der Waals surface area contributed by atoms with Crippen LogP contribution >= 0.6 is 0 Å². The summed E-state index contributed by atoms with van der Waals surface area (Å²) in [7, 11) is -1.15. The number of imidazole rings is 2. The molecule has 0 radical (unpaired) electrons. The zero-order valence-electron chi connectivity index (χ0n) is 22.6.